The fraction of sp³-hybridized carbons (Fsp3) is 0. The van der Waals surface area contributed by atoms with Gasteiger partial charge in [-0.2, -0.15) is 0 Å². The molecule has 2 rings (SSSR count). The van der Waals surface area contributed by atoms with Crippen molar-refractivity contribution in [1.29, 1.82) is 0 Å². The fourth-order valence-corrected chi connectivity index (χ4v) is 1.68. The lowest BCUT2D eigenvalue weighted by Crippen LogP contribution is -1.87. The van der Waals surface area contributed by atoms with E-state index in [2.05, 4.69) is 20.9 Å². The highest BCUT2D eigenvalue weighted by Gasteiger charge is 1.98. The molecule has 1 aromatic heterocycles. The number of rotatable bonds is 0. The Balaban J connectivity index is 2.89. The maximum atomic E-state index is 5.79. The molecule has 0 aliphatic rings. The predicted molar refractivity (Wildman–Crippen MR) is 53.9 cm³/mol. The SMILES string of the molecule is Nc1cc(Br)cc2ccncc12. The first kappa shape index (κ1) is 7.55. The number of hydrogen-bond donors (Lipinski definition) is 1. The number of hydrogen-bond acceptors (Lipinski definition) is 2. The molecule has 0 spiro atoms. The second kappa shape index (κ2) is 2.75. The number of nitrogens with two attached hydrogens (primary N) is 1. The van der Waals surface area contributed by atoms with E-state index in [4.69, 9.17) is 5.73 Å². The molecule has 0 fully saturated rings. The maximum absolute atomic E-state index is 5.79. The number of fused-ring (bicyclic) bond motifs is 1. The Hall–Kier alpha value is -1.09. The minimum Gasteiger partial charge on any atom is -0.398 e. The summed E-state index contributed by atoms with van der Waals surface area (Å²) >= 11 is 3.38. The number of nitrogen functional groups attached to an aromatic ring is 1. The summed E-state index contributed by atoms with van der Waals surface area (Å²) in [4.78, 5) is 4.01. The van der Waals surface area contributed by atoms with E-state index in [1.807, 2.05) is 18.2 Å². The number of halogens is 1. The second-order valence-corrected chi connectivity index (χ2v) is 3.51. The smallest absolute Gasteiger partial charge is 0.0420 e. The van der Waals surface area contributed by atoms with Gasteiger partial charge in [-0.3, -0.25) is 4.98 Å². The second-order valence-electron chi connectivity index (χ2n) is 2.59. The van der Waals surface area contributed by atoms with Crippen molar-refractivity contribution in [1.82, 2.24) is 4.98 Å². The molecule has 0 aliphatic heterocycles. The van der Waals surface area contributed by atoms with Crippen LogP contribution in [0.2, 0.25) is 0 Å². The zero-order chi connectivity index (χ0) is 8.55. The first-order valence-electron chi connectivity index (χ1n) is 3.56. The normalized spacial score (nSPS) is 10.4. The van der Waals surface area contributed by atoms with Crippen molar-refractivity contribution in [3.8, 4) is 0 Å². The molecule has 1 heterocycles. The summed E-state index contributed by atoms with van der Waals surface area (Å²) in [5, 5.41) is 2.11. The third kappa shape index (κ3) is 1.16. The minimum absolute atomic E-state index is 0.757. The van der Waals surface area contributed by atoms with Gasteiger partial charge in [0.2, 0.25) is 0 Å². The lowest BCUT2D eigenvalue weighted by molar-refractivity contribution is 1.36. The van der Waals surface area contributed by atoms with Crippen molar-refractivity contribution in [2.24, 2.45) is 0 Å². The molecule has 3 heteroatoms. The highest BCUT2D eigenvalue weighted by Crippen LogP contribution is 2.24. The molecule has 0 bridgehead atoms. The van der Waals surface area contributed by atoms with Crippen molar-refractivity contribution in [3.05, 3.63) is 35.1 Å². The molecule has 12 heavy (non-hydrogen) atoms. The van der Waals surface area contributed by atoms with Crippen LogP contribution in [-0.4, -0.2) is 4.98 Å². The lowest BCUT2D eigenvalue weighted by Gasteiger charge is -2.01. The van der Waals surface area contributed by atoms with Gasteiger partial charge in [-0.05, 0) is 23.6 Å². The van der Waals surface area contributed by atoms with Gasteiger partial charge in [0.25, 0.3) is 0 Å². The van der Waals surface area contributed by atoms with E-state index in [1.54, 1.807) is 12.4 Å². The van der Waals surface area contributed by atoms with Crippen molar-refractivity contribution in [3.63, 3.8) is 0 Å². The van der Waals surface area contributed by atoms with Crippen LogP contribution in [0.5, 0.6) is 0 Å². The van der Waals surface area contributed by atoms with Crippen LogP contribution in [0.25, 0.3) is 10.8 Å². The Morgan fingerprint density at radius 2 is 2.17 bits per heavy atom. The average Bonchev–Trinajstić information content (AvgIpc) is 2.04. The van der Waals surface area contributed by atoms with Crippen LogP contribution >= 0.6 is 15.9 Å². The van der Waals surface area contributed by atoms with Gasteiger partial charge in [-0.1, -0.05) is 15.9 Å². The summed E-state index contributed by atoms with van der Waals surface area (Å²) < 4.78 is 0.999. The molecular formula is C9H7BrN2. The Bertz CT molecular complexity index is 426. The summed E-state index contributed by atoms with van der Waals surface area (Å²) in [6.45, 7) is 0. The van der Waals surface area contributed by atoms with Crippen LogP contribution in [-0.2, 0) is 0 Å². The van der Waals surface area contributed by atoms with E-state index in [0.29, 0.717) is 0 Å². The van der Waals surface area contributed by atoms with Crippen molar-refractivity contribution >= 4 is 32.4 Å². The van der Waals surface area contributed by atoms with E-state index in [0.717, 1.165) is 20.9 Å². The molecule has 0 aliphatic carbocycles. The quantitative estimate of drug-likeness (QED) is 0.697. The van der Waals surface area contributed by atoms with Gasteiger partial charge in [-0.25, -0.2) is 0 Å². The molecule has 0 atom stereocenters. The average molecular weight is 223 g/mol. The third-order valence-corrected chi connectivity index (χ3v) is 2.21. The van der Waals surface area contributed by atoms with Crippen LogP contribution < -0.4 is 5.73 Å². The van der Waals surface area contributed by atoms with Gasteiger partial charge < -0.3 is 5.73 Å². The molecular weight excluding hydrogens is 216 g/mol. The highest BCUT2D eigenvalue weighted by molar-refractivity contribution is 9.10. The fourth-order valence-electron chi connectivity index (χ4n) is 1.19. The first-order valence-corrected chi connectivity index (χ1v) is 4.35. The van der Waals surface area contributed by atoms with Crippen LogP contribution in [0.3, 0.4) is 0 Å². The monoisotopic (exact) mass is 222 g/mol. The van der Waals surface area contributed by atoms with Gasteiger partial charge in [-0.15, -0.1) is 0 Å². The summed E-state index contributed by atoms with van der Waals surface area (Å²) in [6, 6.07) is 5.84. The third-order valence-electron chi connectivity index (χ3n) is 1.75. The highest BCUT2D eigenvalue weighted by atomic mass is 79.9. The largest absolute Gasteiger partial charge is 0.398 e. The van der Waals surface area contributed by atoms with E-state index in [-0.39, 0.29) is 0 Å². The van der Waals surface area contributed by atoms with Gasteiger partial charge in [0, 0.05) is 27.9 Å². The molecule has 0 saturated carbocycles. The first-order chi connectivity index (χ1) is 5.77. The standard InChI is InChI=1S/C9H7BrN2/c10-7-3-6-1-2-12-5-8(6)9(11)4-7/h1-5H,11H2. The van der Waals surface area contributed by atoms with Gasteiger partial charge in [0.05, 0.1) is 0 Å². The van der Waals surface area contributed by atoms with E-state index in [1.165, 1.54) is 0 Å². The van der Waals surface area contributed by atoms with Crippen molar-refractivity contribution in [2.45, 2.75) is 0 Å². The Morgan fingerprint density at radius 3 is 3.00 bits per heavy atom. The molecule has 1 aromatic carbocycles. The summed E-state index contributed by atoms with van der Waals surface area (Å²) in [5.41, 5.74) is 6.54. The Morgan fingerprint density at radius 1 is 1.33 bits per heavy atom. The molecule has 2 aromatic rings. The summed E-state index contributed by atoms with van der Waals surface area (Å²) in [5.74, 6) is 0. The zero-order valence-corrected chi connectivity index (χ0v) is 7.88. The molecule has 0 radical (unpaired) electrons. The number of aromatic nitrogens is 1. The summed E-state index contributed by atoms with van der Waals surface area (Å²) in [6.07, 6.45) is 3.53. The molecule has 2 N–H and O–H groups in total. The Kier molecular flexibility index (Phi) is 1.73. The van der Waals surface area contributed by atoms with Gasteiger partial charge in [0.15, 0.2) is 0 Å². The molecule has 0 unspecified atom stereocenters. The number of nitrogens with zero attached hydrogens (tertiary/aromatic N) is 1. The minimum atomic E-state index is 0.757. The van der Waals surface area contributed by atoms with Gasteiger partial charge >= 0.3 is 0 Å². The van der Waals surface area contributed by atoms with Crippen molar-refractivity contribution in [2.75, 3.05) is 5.73 Å². The van der Waals surface area contributed by atoms with Crippen molar-refractivity contribution < 1.29 is 0 Å². The van der Waals surface area contributed by atoms with E-state index < -0.39 is 0 Å². The van der Waals surface area contributed by atoms with E-state index >= 15 is 0 Å². The van der Waals surface area contributed by atoms with E-state index in [9.17, 15) is 0 Å². The van der Waals surface area contributed by atoms with Crippen LogP contribution in [0.1, 0.15) is 0 Å². The number of anilines is 1. The topological polar surface area (TPSA) is 38.9 Å². The van der Waals surface area contributed by atoms with Crippen LogP contribution in [0.4, 0.5) is 5.69 Å². The molecule has 60 valence electrons. The molecule has 2 nitrogen and oxygen atoms in total. The van der Waals surface area contributed by atoms with Gasteiger partial charge in [0.1, 0.15) is 0 Å². The molecule has 0 amide bonds. The number of benzene rings is 1. The lowest BCUT2D eigenvalue weighted by atomic mass is 10.1. The van der Waals surface area contributed by atoms with Crippen LogP contribution in [0.15, 0.2) is 35.1 Å². The number of pyridine rings is 1. The maximum Gasteiger partial charge on any atom is 0.0420 e. The van der Waals surface area contributed by atoms with Crippen LogP contribution in [0, 0.1) is 0 Å². The zero-order valence-electron chi connectivity index (χ0n) is 6.29. The Labute approximate surface area is 78.5 Å². The molecule has 0 saturated heterocycles. The predicted octanol–water partition coefficient (Wildman–Crippen LogP) is 2.58. The summed E-state index contributed by atoms with van der Waals surface area (Å²) in [7, 11) is 0.